The SMILES string of the molecule is O=C(Cc1cc(Cl)c2c(c1)OCCO2)N[C@@H](c1ccccc1)c1cccs1. The highest BCUT2D eigenvalue weighted by Crippen LogP contribution is 2.38. The van der Waals surface area contributed by atoms with E-state index in [-0.39, 0.29) is 18.4 Å². The van der Waals surface area contributed by atoms with E-state index in [1.807, 2.05) is 53.9 Å². The minimum atomic E-state index is -0.175. The van der Waals surface area contributed by atoms with Crippen LogP contribution in [-0.2, 0) is 11.2 Å². The number of nitrogens with one attached hydrogen (secondary N) is 1. The monoisotopic (exact) mass is 399 g/mol. The third-order valence-electron chi connectivity index (χ3n) is 4.29. The number of benzene rings is 2. The van der Waals surface area contributed by atoms with Crippen molar-refractivity contribution in [2.75, 3.05) is 13.2 Å². The molecule has 0 saturated carbocycles. The molecule has 1 amide bonds. The number of thiophene rings is 1. The average molecular weight is 400 g/mol. The topological polar surface area (TPSA) is 47.6 Å². The van der Waals surface area contributed by atoms with Crippen molar-refractivity contribution in [3.63, 3.8) is 0 Å². The van der Waals surface area contributed by atoms with Crippen LogP contribution in [0.3, 0.4) is 0 Å². The highest BCUT2D eigenvalue weighted by Gasteiger charge is 2.20. The number of halogens is 1. The molecule has 1 aromatic heterocycles. The van der Waals surface area contributed by atoms with Crippen LogP contribution >= 0.6 is 22.9 Å². The van der Waals surface area contributed by atoms with Crippen molar-refractivity contribution in [1.29, 1.82) is 0 Å². The van der Waals surface area contributed by atoms with Gasteiger partial charge in [0, 0.05) is 4.88 Å². The summed E-state index contributed by atoms with van der Waals surface area (Å²) in [7, 11) is 0. The number of hydrogen-bond acceptors (Lipinski definition) is 4. The zero-order chi connectivity index (χ0) is 18.6. The minimum Gasteiger partial charge on any atom is -0.486 e. The van der Waals surface area contributed by atoms with Crippen molar-refractivity contribution in [3.05, 3.63) is 81.0 Å². The van der Waals surface area contributed by atoms with Crippen LogP contribution in [0.4, 0.5) is 0 Å². The second-order valence-electron chi connectivity index (χ2n) is 6.21. The first kappa shape index (κ1) is 17.9. The lowest BCUT2D eigenvalue weighted by Gasteiger charge is -2.21. The Morgan fingerprint density at radius 2 is 1.93 bits per heavy atom. The van der Waals surface area contributed by atoms with Crippen LogP contribution in [0.2, 0.25) is 5.02 Å². The number of carbonyl (C=O) groups is 1. The van der Waals surface area contributed by atoms with Crippen LogP contribution in [0.15, 0.2) is 60.0 Å². The predicted octanol–water partition coefficient (Wildman–Crippen LogP) is 4.62. The standard InChI is InChI=1S/C21H18ClNO3S/c22-16-11-14(12-17-21(16)26-9-8-25-17)13-19(24)23-20(18-7-4-10-27-18)15-5-2-1-3-6-15/h1-7,10-12,20H,8-9,13H2,(H,23,24)/t20-/m0/s1. The van der Waals surface area contributed by atoms with Gasteiger partial charge in [-0.2, -0.15) is 0 Å². The molecule has 0 aliphatic carbocycles. The van der Waals surface area contributed by atoms with Gasteiger partial charge < -0.3 is 14.8 Å². The Hall–Kier alpha value is -2.50. The van der Waals surface area contributed by atoms with Crippen LogP contribution in [0, 0.1) is 0 Å². The molecule has 2 aromatic carbocycles. The molecule has 3 aromatic rings. The normalized spacial score (nSPS) is 13.8. The molecule has 6 heteroatoms. The Morgan fingerprint density at radius 1 is 1.11 bits per heavy atom. The van der Waals surface area contributed by atoms with Gasteiger partial charge >= 0.3 is 0 Å². The van der Waals surface area contributed by atoms with Crippen LogP contribution in [0.25, 0.3) is 0 Å². The van der Waals surface area contributed by atoms with Crippen LogP contribution in [-0.4, -0.2) is 19.1 Å². The van der Waals surface area contributed by atoms with Crippen molar-refractivity contribution in [1.82, 2.24) is 5.32 Å². The van der Waals surface area contributed by atoms with Crippen molar-refractivity contribution in [2.24, 2.45) is 0 Å². The Morgan fingerprint density at radius 3 is 2.70 bits per heavy atom. The van der Waals surface area contributed by atoms with Gasteiger partial charge in [-0.3, -0.25) is 4.79 Å². The fraction of sp³-hybridized carbons (Fsp3) is 0.190. The van der Waals surface area contributed by atoms with E-state index in [4.69, 9.17) is 21.1 Å². The van der Waals surface area contributed by atoms with Crippen molar-refractivity contribution in [2.45, 2.75) is 12.5 Å². The first-order valence-corrected chi connectivity index (χ1v) is 9.92. The lowest BCUT2D eigenvalue weighted by molar-refractivity contribution is -0.120. The molecule has 1 N–H and O–H groups in total. The zero-order valence-corrected chi connectivity index (χ0v) is 16.1. The number of rotatable bonds is 5. The van der Waals surface area contributed by atoms with Gasteiger partial charge in [-0.05, 0) is 34.7 Å². The number of hydrogen-bond donors (Lipinski definition) is 1. The van der Waals surface area contributed by atoms with Gasteiger partial charge in [0.05, 0.1) is 17.5 Å². The Bertz CT molecular complexity index is 928. The first-order chi connectivity index (χ1) is 13.2. The fourth-order valence-corrected chi connectivity index (χ4v) is 4.17. The summed E-state index contributed by atoms with van der Waals surface area (Å²) >= 11 is 7.90. The number of fused-ring (bicyclic) bond motifs is 1. The molecule has 0 bridgehead atoms. The third kappa shape index (κ3) is 4.10. The van der Waals surface area contributed by atoms with E-state index < -0.39 is 0 Å². The third-order valence-corrected chi connectivity index (χ3v) is 5.51. The molecular formula is C21H18ClNO3S. The molecule has 1 aliphatic heterocycles. The predicted molar refractivity (Wildman–Crippen MR) is 107 cm³/mol. The summed E-state index contributed by atoms with van der Waals surface area (Å²) in [6.45, 7) is 0.958. The van der Waals surface area contributed by atoms with Crippen molar-refractivity contribution < 1.29 is 14.3 Å². The van der Waals surface area contributed by atoms with E-state index in [0.717, 1.165) is 16.0 Å². The van der Waals surface area contributed by atoms with Gasteiger partial charge in [-0.15, -0.1) is 11.3 Å². The Kier molecular flexibility index (Phi) is 5.32. The highest BCUT2D eigenvalue weighted by molar-refractivity contribution is 7.10. The summed E-state index contributed by atoms with van der Waals surface area (Å²) in [4.78, 5) is 13.8. The number of amides is 1. The summed E-state index contributed by atoms with van der Waals surface area (Å²) in [5.41, 5.74) is 1.84. The Labute approximate surface area is 166 Å². The van der Waals surface area contributed by atoms with Gasteiger partial charge in [-0.1, -0.05) is 48.0 Å². The lowest BCUT2D eigenvalue weighted by Crippen LogP contribution is -2.30. The van der Waals surface area contributed by atoms with Gasteiger partial charge in [0.1, 0.15) is 13.2 Å². The minimum absolute atomic E-state index is 0.0787. The molecule has 1 aliphatic rings. The molecule has 0 radical (unpaired) electrons. The van der Waals surface area contributed by atoms with Crippen molar-refractivity contribution in [3.8, 4) is 11.5 Å². The maximum absolute atomic E-state index is 12.7. The fourth-order valence-electron chi connectivity index (χ4n) is 3.08. The molecule has 0 unspecified atom stereocenters. The second kappa shape index (κ2) is 8.03. The van der Waals surface area contributed by atoms with E-state index in [2.05, 4.69) is 5.32 Å². The zero-order valence-electron chi connectivity index (χ0n) is 14.5. The number of carbonyl (C=O) groups excluding carboxylic acids is 1. The van der Waals surface area contributed by atoms with Crippen molar-refractivity contribution >= 4 is 28.8 Å². The quantitative estimate of drug-likeness (QED) is 0.680. The smallest absolute Gasteiger partial charge is 0.225 e. The van der Waals surface area contributed by atoms with Crippen LogP contribution < -0.4 is 14.8 Å². The molecule has 27 heavy (non-hydrogen) atoms. The van der Waals surface area contributed by atoms with Crippen LogP contribution in [0.1, 0.15) is 22.0 Å². The second-order valence-corrected chi connectivity index (χ2v) is 7.59. The van der Waals surface area contributed by atoms with Gasteiger partial charge in [0.25, 0.3) is 0 Å². The maximum atomic E-state index is 12.7. The lowest BCUT2D eigenvalue weighted by atomic mass is 10.0. The van der Waals surface area contributed by atoms with E-state index in [0.29, 0.717) is 29.7 Å². The largest absolute Gasteiger partial charge is 0.486 e. The molecule has 0 saturated heterocycles. The molecule has 0 spiro atoms. The van der Waals surface area contributed by atoms with Gasteiger partial charge in [0.15, 0.2) is 11.5 Å². The molecule has 4 nitrogen and oxygen atoms in total. The maximum Gasteiger partial charge on any atom is 0.225 e. The van der Waals surface area contributed by atoms with Gasteiger partial charge in [-0.25, -0.2) is 0 Å². The van der Waals surface area contributed by atoms with Crippen LogP contribution in [0.5, 0.6) is 11.5 Å². The molecule has 1 atom stereocenters. The molecule has 4 rings (SSSR count). The molecule has 0 fully saturated rings. The Balaban J connectivity index is 1.53. The van der Waals surface area contributed by atoms with E-state index in [1.54, 1.807) is 17.4 Å². The first-order valence-electron chi connectivity index (χ1n) is 8.66. The van der Waals surface area contributed by atoms with Gasteiger partial charge in [0.2, 0.25) is 5.91 Å². The summed E-state index contributed by atoms with van der Waals surface area (Å²) < 4.78 is 11.1. The summed E-state index contributed by atoms with van der Waals surface area (Å²) in [6.07, 6.45) is 0.213. The summed E-state index contributed by atoms with van der Waals surface area (Å²) in [5, 5.41) is 5.62. The van der Waals surface area contributed by atoms with E-state index in [9.17, 15) is 4.79 Å². The average Bonchev–Trinajstić information content (AvgIpc) is 3.21. The molecule has 2 heterocycles. The number of ether oxygens (including phenoxy) is 2. The summed E-state index contributed by atoms with van der Waals surface area (Å²) in [5.74, 6) is 1.06. The van der Waals surface area contributed by atoms with E-state index in [1.165, 1.54) is 0 Å². The molecular weight excluding hydrogens is 382 g/mol. The highest BCUT2D eigenvalue weighted by atomic mass is 35.5. The molecule has 138 valence electrons. The summed E-state index contributed by atoms with van der Waals surface area (Å²) in [6, 6.07) is 17.4. The van der Waals surface area contributed by atoms with E-state index >= 15 is 0 Å².